The number of benzene rings is 3. The molecule has 0 fully saturated rings. The lowest BCUT2D eigenvalue weighted by Gasteiger charge is -2.09. The number of carbonyl (C=O) groups excluding carboxylic acids is 1. The van der Waals surface area contributed by atoms with Crippen LogP contribution in [0.2, 0.25) is 0 Å². The number of aromatic nitrogens is 1. The van der Waals surface area contributed by atoms with Crippen LogP contribution in [0.15, 0.2) is 71.1 Å². The van der Waals surface area contributed by atoms with Crippen molar-refractivity contribution < 1.29 is 13.9 Å². The van der Waals surface area contributed by atoms with Crippen molar-refractivity contribution in [3.05, 3.63) is 77.9 Å². The van der Waals surface area contributed by atoms with Gasteiger partial charge in [-0.3, -0.25) is 4.79 Å². The van der Waals surface area contributed by atoms with E-state index in [2.05, 4.69) is 36.3 Å². The highest BCUT2D eigenvalue weighted by atomic mass is 16.5. The first-order chi connectivity index (χ1) is 15.0. The summed E-state index contributed by atoms with van der Waals surface area (Å²) in [5.74, 6) is 1.45. The van der Waals surface area contributed by atoms with Gasteiger partial charge in [0.25, 0.3) is 5.91 Å². The topological polar surface area (TPSA) is 64.4 Å². The van der Waals surface area contributed by atoms with Crippen molar-refractivity contribution in [3.63, 3.8) is 0 Å². The molecule has 0 saturated heterocycles. The van der Waals surface area contributed by atoms with Gasteiger partial charge in [0, 0.05) is 16.8 Å². The van der Waals surface area contributed by atoms with E-state index in [1.807, 2.05) is 49.4 Å². The van der Waals surface area contributed by atoms with Crippen molar-refractivity contribution in [2.45, 2.75) is 33.1 Å². The van der Waals surface area contributed by atoms with Gasteiger partial charge in [-0.05, 0) is 66.4 Å². The summed E-state index contributed by atoms with van der Waals surface area (Å²) in [5.41, 5.74) is 4.82. The second kappa shape index (κ2) is 9.04. The molecule has 1 amide bonds. The van der Waals surface area contributed by atoms with E-state index < -0.39 is 0 Å². The fourth-order valence-electron chi connectivity index (χ4n) is 3.31. The van der Waals surface area contributed by atoms with E-state index in [1.165, 1.54) is 5.56 Å². The van der Waals surface area contributed by atoms with Crippen LogP contribution in [0.4, 0.5) is 5.69 Å². The molecule has 0 radical (unpaired) electrons. The Morgan fingerprint density at radius 3 is 2.71 bits per heavy atom. The van der Waals surface area contributed by atoms with Crippen molar-refractivity contribution in [2.75, 3.05) is 11.9 Å². The largest absolute Gasteiger partial charge is 0.494 e. The van der Waals surface area contributed by atoms with E-state index in [0.717, 1.165) is 23.1 Å². The zero-order valence-electron chi connectivity index (χ0n) is 18.0. The molecule has 0 aliphatic carbocycles. The first kappa shape index (κ1) is 20.7. The van der Waals surface area contributed by atoms with Crippen molar-refractivity contribution in [2.24, 2.45) is 0 Å². The van der Waals surface area contributed by atoms with Crippen LogP contribution in [0.3, 0.4) is 0 Å². The standard InChI is InChI=1S/C26H26N2O3/c1-4-13-30-22-10-6-7-19(15-22)25(29)27-21-9-5-8-20(14-21)26-28-23-16-18(17(2)3)11-12-24(23)31-26/h5-12,14-17H,4,13H2,1-3H3,(H,27,29). The lowest BCUT2D eigenvalue weighted by atomic mass is 10.0. The first-order valence-electron chi connectivity index (χ1n) is 10.6. The number of anilines is 1. The molecule has 0 aliphatic heterocycles. The van der Waals surface area contributed by atoms with Gasteiger partial charge < -0.3 is 14.5 Å². The molecule has 1 N–H and O–H groups in total. The molecular formula is C26H26N2O3. The smallest absolute Gasteiger partial charge is 0.255 e. The molecule has 1 heterocycles. The Balaban J connectivity index is 1.55. The molecule has 1 aromatic heterocycles. The van der Waals surface area contributed by atoms with Crippen LogP contribution in [-0.2, 0) is 0 Å². The van der Waals surface area contributed by atoms with Gasteiger partial charge in [0.2, 0.25) is 5.89 Å². The fraction of sp³-hybridized carbons (Fsp3) is 0.231. The van der Waals surface area contributed by atoms with Crippen LogP contribution in [0.25, 0.3) is 22.6 Å². The summed E-state index contributed by atoms with van der Waals surface area (Å²) in [7, 11) is 0. The molecule has 4 aromatic rings. The Morgan fingerprint density at radius 2 is 1.90 bits per heavy atom. The van der Waals surface area contributed by atoms with E-state index in [4.69, 9.17) is 9.15 Å². The van der Waals surface area contributed by atoms with Gasteiger partial charge in [0.05, 0.1) is 6.61 Å². The monoisotopic (exact) mass is 414 g/mol. The quantitative estimate of drug-likeness (QED) is 0.367. The van der Waals surface area contributed by atoms with E-state index in [-0.39, 0.29) is 5.91 Å². The normalized spacial score (nSPS) is 11.1. The number of ether oxygens (including phenoxy) is 1. The molecule has 0 unspecified atom stereocenters. The van der Waals surface area contributed by atoms with Gasteiger partial charge >= 0.3 is 0 Å². The highest BCUT2D eigenvalue weighted by Crippen LogP contribution is 2.28. The number of hydrogen-bond donors (Lipinski definition) is 1. The zero-order valence-corrected chi connectivity index (χ0v) is 18.0. The van der Waals surface area contributed by atoms with Gasteiger partial charge in [-0.25, -0.2) is 4.98 Å². The summed E-state index contributed by atoms with van der Waals surface area (Å²) >= 11 is 0. The minimum Gasteiger partial charge on any atom is -0.494 e. The van der Waals surface area contributed by atoms with Crippen molar-refractivity contribution in [1.29, 1.82) is 0 Å². The number of nitrogens with zero attached hydrogens (tertiary/aromatic N) is 1. The molecule has 4 rings (SSSR count). The summed E-state index contributed by atoms with van der Waals surface area (Å²) in [6, 6.07) is 20.8. The Morgan fingerprint density at radius 1 is 1.06 bits per heavy atom. The minimum absolute atomic E-state index is 0.196. The number of nitrogens with one attached hydrogen (secondary N) is 1. The molecule has 0 bridgehead atoms. The Hall–Kier alpha value is -3.60. The molecule has 31 heavy (non-hydrogen) atoms. The first-order valence-corrected chi connectivity index (χ1v) is 10.6. The predicted molar refractivity (Wildman–Crippen MR) is 124 cm³/mol. The van der Waals surface area contributed by atoms with Crippen LogP contribution in [-0.4, -0.2) is 17.5 Å². The summed E-state index contributed by atoms with van der Waals surface area (Å²) in [4.78, 5) is 17.4. The Kier molecular flexibility index (Phi) is 6.03. The van der Waals surface area contributed by atoms with Crippen LogP contribution >= 0.6 is 0 Å². The van der Waals surface area contributed by atoms with Gasteiger partial charge in [-0.2, -0.15) is 0 Å². The fourth-order valence-corrected chi connectivity index (χ4v) is 3.31. The van der Waals surface area contributed by atoms with Crippen molar-refractivity contribution >= 4 is 22.7 Å². The SMILES string of the molecule is CCCOc1cccc(C(=O)Nc2cccc(-c3nc4cc(C(C)C)ccc4o3)c2)c1. The molecule has 0 saturated carbocycles. The number of fused-ring (bicyclic) bond motifs is 1. The number of carbonyl (C=O) groups is 1. The number of hydrogen-bond acceptors (Lipinski definition) is 4. The van der Waals surface area contributed by atoms with Crippen molar-refractivity contribution in [1.82, 2.24) is 4.98 Å². The highest BCUT2D eigenvalue weighted by molar-refractivity contribution is 6.04. The van der Waals surface area contributed by atoms with Crippen molar-refractivity contribution in [3.8, 4) is 17.2 Å². The van der Waals surface area contributed by atoms with E-state index in [0.29, 0.717) is 35.4 Å². The Labute approximate surface area is 182 Å². The van der Waals surface area contributed by atoms with Gasteiger partial charge in [-0.1, -0.05) is 39.0 Å². The molecule has 5 heteroatoms. The van der Waals surface area contributed by atoms with Crippen LogP contribution in [0, 0.1) is 0 Å². The second-order valence-electron chi connectivity index (χ2n) is 7.81. The molecule has 0 atom stereocenters. The van der Waals surface area contributed by atoms with E-state index >= 15 is 0 Å². The number of oxazole rings is 1. The maximum atomic E-state index is 12.7. The van der Waals surface area contributed by atoms with E-state index in [9.17, 15) is 4.79 Å². The van der Waals surface area contributed by atoms with Gasteiger partial charge in [0.15, 0.2) is 5.58 Å². The third kappa shape index (κ3) is 4.77. The van der Waals surface area contributed by atoms with Crippen LogP contribution < -0.4 is 10.1 Å². The Bertz CT molecular complexity index is 1210. The maximum absolute atomic E-state index is 12.7. The second-order valence-corrected chi connectivity index (χ2v) is 7.81. The van der Waals surface area contributed by atoms with Crippen LogP contribution in [0.1, 0.15) is 49.0 Å². The predicted octanol–water partition coefficient (Wildman–Crippen LogP) is 6.66. The number of amides is 1. The molecule has 3 aromatic carbocycles. The average molecular weight is 415 g/mol. The highest BCUT2D eigenvalue weighted by Gasteiger charge is 2.12. The molecular weight excluding hydrogens is 388 g/mol. The molecule has 0 aliphatic rings. The lowest BCUT2D eigenvalue weighted by Crippen LogP contribution is -2.12. The summed E-state index contributed by atoms with van der Waals surface area (Å²) in [6.45, 7) is 6.97. The average Bonchev–Trinajstić information content (AvgIpc) is 3.21. The third-order valence-electron chi connectivity index (χ3n) is 5.01. The van der Waals surface area contributed by atoms with Gasteiger partial charge in [-0.15, -0.1) is 0 Å². The molecule has 5 nitrogen and oxygen atoms in total. The summed E-state index contributed by atoms with van der Waals surface area (Å²) < 4.78 is 11.6. The minimum atomic E-state index is -0.196. The maximum Gasteiger partial charge on any atom is 0.255 e. The van der Waals surface area contributed by atoms with Gasteiger partial charge in [0.1, 0.15) is 11.3 Å². The lowest BCUT2D eigenvalue weighted by molar-refractivity contribution is 0.102. The van der Waals surface area contributed by atoms with Crippen LogP contribution in [0.5, 0.6) is 5.75 Å². The summed E-state index contributed by atoms with van der Waals surface area (Å²) in [6.07, 6.45) is 0.915. The number of rotatable bonds is 7. The third-order valence-corrected chi connectivity index (χ3v) is 5.01. The summed E-state index contributed by atoms with van der Waals surface area (Å²) in [5, 5.41) is 2.95. The van der Waals surface area contributed by atoms with E-state index in [1.54, 1.807) is 12.1 Å². The zero-order chi connectivity index (χ0) is 21.8. The molecule has 0 spiro atoms. The molecule has 158 valence electrons.